The summed E-state index contributed by atoms with van der Waals surface area (Å²) in [5.74, 6) is 0. The van der Waals surface area contributed by atoms with E-state index in [9.17, 15) is 4.79 Å². The van der Waals surface area contributed by atoms with E-state index in [0.29, 0.717) is 25.7 Å². The molecule has 0 saturated carbocycles. The Labute approximate surface area is 117 Å². The third-order valence-electron chi connectivity index (χ3n) is 2.70. The van der Waals surface area contributed by atoms with Gasteiger partial charge in [-0.2, -0.15) is 0 Å². The van der Waals surface area contributed by atoms with Crippen LogP contribution in [0.15, 0.2) is 0 Å². The number of nitrogens with one attached hydrogen (secondary N) is 1. The lowest BCUT2D eigenvalue weighted by molar-refractivity contribution is 0.0203. The smallest absolute Gasteiger partial charge is 0.410 e. The highest BCUT2D eigenvalue weighted by molar-refractivity contribution is 5.68. The number of carbonyl (C=O) groups is 1. The van der Waals surface area contributed by atoms with Crippen LogP contribution in [-0.2, 0) is 9.47 Å². The van der Waals surface area contributed by atoms with Crippen molar-refractivity contribution in [3.8, 4) is 0 Å². The fraction of sp³-hybridized carbons (Fsp3) is 0.929. The van der Waals surface area contributed by atoms with Crippen LogP contribution in [-0.4, -0.2) is 56.0 Å². The Kier molecular flexibility index (Phi) is 8.76. The maximum atomic E-state index is 12.0. The van der Waals surface area contributed by atoms with Gasteiger partial charge in [0.1, 0.15) is 5.60 Å². The van der Waals surface area contributed by atoms with E-state index >= 15 is 0 Å². The molecule has 0 aliphatic rings. The molecule has 0 aliphatic heterocycles. The first kappa shape index (κ1) is 18.2. The second-order valence-corrected chi connectivity index (χ2v) is 5.72. The SMILES string of the molecule is CCC(C)NCCN(CCOC)C(=O)OC(C)(C)C. The Balaban J connectivity index is 4.25. The molecule has 0 heterocycles. The van der Waals surface area contributed by atoms with E-state index in [1.807, 2.05) is 20.8 Å². The number of ether oxygens (including phenoxy) is 2. The van der Waals surface area contributed by atoms with E-state index < -0.39 is 5.60 Å². The third-order valence-corrected chi connectivity index (χ3v) is 2.70. The van der Waals surface area contributed by atoms with Crippen molar-refractivity contribution in [2.45, 2.75) is 52.7 Å². The first-order valence-corrected chi connectivity index (χ1v) is 7.00. The predicted octanol–water partition coefficient (Wildman–Crippen LogP) is 2.26. The highest BCUT2D eigenvalue weighted by Crippen LogP contribution is 2.09. The van der Waals surface area contributed by atoms with Gasteiger partial charge in [0.25, 0.3) is 0 Å². The molecule has 0 bridgehead atoms. The topological polar surface area (TPSA) is 50.8 Å². The summed E-state index contributed by atoms with van der Waals surface area (Å²) in [7, 11) is 1.63. The number of hydrogen-bond donors (Lipinski definition) is 1. The summed E-state index contributed by atoms with van der Waals surface area (Å²) in [6, 6.07) is 0.461. The largest absolute Gasteiger partial charge is 0.444 e. The summed E-state index contributed by atoms with van der Waals surface area (Å²) in [6.07, 6.45) is 0.792. The first-order chi connectivity index (χ1) is 8.80. The Morgan fingerprint density at radius 3 is 2.42 bits per heavy atom. The molecule has 0 aliphatic carbocycles. The Morgan fingerprint density at radius 1 is 1.32 bits per heavy atom. The predicted molar refractivity (Wildman–Crippen MR) is 77.4 cm³/mol. The normalized spacial score (nSPS) is 13.2. The molecule has 0 aromatic heterocycles. The van der Waals surface area contributed by atoms with Gasteiger partial charge in [0, 0.05) is 32.8 Å². The van der Waals surface area contributed by atoms with E-state index in [1.54, 1.807) is 12.0 Å². The standard InChI is InChI=1S/C14H30N2O3/c1-7-12(2)15-8-9-16(10-11-18-6)13(17)19-14(3,4)5/h12,15H,7-11H2,1-6H3. The Hall–Kier alpha value is -0.810. The van der Waals surface area contributed by atoms with Gasteiger partial charge in [0.05, 0.1) is 6.61 Å². The van der Waals surface area contributed by atoms with Crippen LogP contribution in [0.25, 0.3) is 0 Å². The second kappa shape index (κ2) is 9.15. The Morgan fingerprint density at radius 2 is 1.95 bits per heavy atom. The number of hydrogen-bond acceptors (Lipinski definition) is 4. The van der Waals surface area contributed by atoms with Crippen LogP contribution in [0.2, 0.25) is 0 Å². The van der Waals surface area contributed by atoms with Gasteiger partial charge in [0.15, 0.2) is 0 Å². The summed E-state index contributed by atoms with van der Waals surface area (Å²) in [5.41, 5.74) is -0.466. The van der Waals surface area contributed by atoms with Crippen LogP contribution in [0.5, 0.6) is 0 Å². The van der Waals surface area contributed by atoms with Crippen LogP contribution in [0.4, 0.5) is 4.79 Å². The van der Waals surface area contributed by atoms with E-state index in [0.717, 1.165) is 13.0 Å². The fourth-order valence-electron chi connectivity index (χ4n) is 1.41. The molecule has 0 fully saturated rings. The maximum absolute atomic E-state index is 12.0. The summed E-state index contributed by atoms with van der Waals surface area (Å²) in [4.78, 5) is 13.7. The molecule has 19 heavy (non-hydrogen) atoms. The maximum Gasteiger partial charge on any atom is 0.410 e. The number of nitrogens with zero attached hydrogens (tertiary/aromatic N) is 1. The third kappa shape index (κ3) is 9.73. The average Bonchev–Trinajstić information content (AvgIpc) is 2.30. The lowest BCUT2D eigenvalue weighted by Crippen LogP contribution is -2.43. The zero-order chi connectivity index (χ0) is 14.9. The molecule has 114 valence electrons. The molecule has 0 aromatic carbocycles. The van der Waals surface area contributed by atoms with E-state index in [4.69, 9.17) is 9.47 Å². The van der Waals surface area contributed by atoms with Crippen molar-refractivity contribution in [2.75, 3.05) is 33.4 Å². The molecular weight excluding hydrogens is 244 g/mol. The average molecular weight is 274 g/mol. The number of rotatable bonds is 8. The van der Waals surface area contributed by atoms with Gasteiger partial charge in [0.2, 0.25) is 0 Å². The van der Waals surface area contributed by atoms with Gasteiger partial charge in [-0.05, 0) is 34.1 Å². The Bertz CT molecular complexity index is 252. The lowest BCUT2D eigenvalue weighted by Gasteiger charge is -2.27. The molecule has 1 atom stereocenters. The molecule has 1 N–H and O–H groups in total. The monoisotopic (exact) mass is 274 g/mol. The van der Waals surface area contributed by atoms with Crippen molar-refractivity contribution in [3.05, 3.63) is 0 Å². The molecule has 0 spiro atoms. The second-order valence-electron chi connectivity index (χ2n) is 5.72. The first-order valence-electron chi connectivity index (χ1n) is 7.00. The van der Waals surface area contributed by atoms with Crippen LogP contribution < -0.4 is 5.32 Å². The van der Waals surface area contributed by atoms with Crippen molar-refractivity contribution >= 4 is 6.09 Å². The minimum atomic E-state index is -0.466. The molecule has 0 radical (unpaired) electrons. The summed E-state index contributed by atoms with van der Waals surface area (Å²) >= 11 is 0. The number of amides is 1. The zero-order valence-corrected chi connectivity index (χ0v) is 13.3. The van der Waals surface area contributed by atoms with Crippen molar-refractivity contribution < 1.29 is 14.3 Å². The highest BCUT2D eigenvalue weighted by atomic mass is 16.6. The van der Waals surface area contributed by atoms with Gasteiger partial charge in [-0.1, -0.05) is 6.92 Å². The molecular formula is C14H30N2O3. The lowest BCUT2D eigenvalue weighted by atomic mass is 10.2. The van der Waals surface area contributed by atoms with Crippen LogP contribution in [0.1, 0.15) is 41.0 Å². The van der Waals surface area contributed by atoms with Crippen molar-refractivity contribution in [1.29, 1.82) is 0 Å². The molecule has 0 aromatic rings. The molecule has 5 heteroatoms. The zero-order valence-electron chi connectivity index (χ0n) is 13.3. The van der Waals surface area contributed by atoms with Crippen LogP contribution in [0, 0.1) is 0 Å². The molecule has 1 amide bonds. The van der Waals surface area contributed by atoms with Gasteiger partial charge in [-0.3, -0.25) is 0 Å². The van der Waals surface area contributed by atoms with E-state index in [2.05, 4.69) is 19.2 Å². The number of methoxy groups -OCH3 is 1. The van der Waals surface area contributed by atoms with Gasteiger partial charge >= 0.3 is 6.09 Å². The van der Waals surface area contributed by atoms with Crippen molar-refractivity contribution in [3.63, 3.8) is 0 Å². The summed E-state index contributed by atoms with van der Waals surface area (Å²) < 4.78 is 10.4. The molecule has 1 unspecified atom stereocenters. The van der Waals surface area contributed by atoms with Gasteiger partial charge in [-0.25, -0.2) is 4.79 Å². The molecule has 0 rings (SSSR count). The molecule has 0 saturated heterocycles. The van der Waals surface area contributed by atoms with Crippen molar-refractivity contribution in [1.82, 2.24) is 10.2 Å². The quantitative estimate of drug-likeness (QED) is 0.737. The van der Waals surface area contributed by atoms with Gasteiger partial charge in [-0.15, -0.1) is 0 Å². The van der Waals surface area contributed by atoms with Crippen LogP contribution >= 0.6 is 0 Å². The molecule has 5 nitrogen and oxygen atoms in total. The fourth-order valence-corrected chi connectivity index (χ4v) is 1.41. The van der Waals surface area contributed by atoms with Gasteiger partial charge < -0.3 is 19.7 Å². The van der Waals surface area contributed by atoms with Crippen LogP contribution in [0.3, 0.4) is 0 Å². The van der Waals surface area contributed by atoms with E-state index in [1.165, 1.54) is 0 Å². The summed E-state index contributed by atoms with van der Waals surface area (Å²) in [5, 5.41) is 3.37. The summed E-state index contributed by atoms with van der Waals surface area (Å²) in [6.45, 7) is 12.3. The van der Waals surface area contributed by atoms with Crippen molar-refractivity contribution in [2.24, 2.45) is 0 Å². The van der Waals surface area contributed by atoms with E-state index in [-0.39, 0.29) is 6.09 Å². The number of carbonyl (C=O) groups excluding carboxylic acids is 1. The minimum absolute atomic E-state index is 0.282. The minimum Gasteiger partial charge on any atom is -0.444 e. The highest BCUT2D eigenvalue weighted by Gasteiger charge is 2.21.